The van der Waals surface area contributed by atoms with Crippen molar-refractivity contribution in [3.63, 3.8) is 0 Å². The van der Waals surface area contributed by atoms with E-state index >= 15 is 0 Å². The van der Waals surface area contributed by atoms with E-state index in [1.54, 1.807) is 39.0 Å². The van der Waals surface area contributed by atoms with Crippen molar-refractivity contribution in [2.45, 2.75) is 32.9 Å². The minimum atomic E-state index is -3.24. The SMILES string of the molecule is COC[P+](O)(N[C@@H](C)C(=O)OC(C)C)Oc1cc(Cl)cc(Br)c1. The maximum absolute atomic E-state index is 11.9. The minimum absolute atomic E-state index is 0.101. The van der Waals surface area contributed by atoms with Gasteiger partial charge in [-0.3, -0.25) is 9.32 Å². The first-order valence-electron chi connectivity index (χ1n) is 6.89. The third kappa shape index (κ3) is 7.33. The van der Waals surface area contributed by atoms with Crippen LogP contribution in [0.4, 0.5) is 0 Å². The molecule has 130 valence electrons. The number of carbonyl (C=O) groups excluding carboxylic acids is 1. The van der Waals surface area contributed by atoms with Gasteiger partial charge >= 0.3 is 13.8 Å². The van der Waals surface area contributed by atoms with Crippen LogP contribution in [0.25, 0.3) is 0 Å². The summed E-state index contributed by atoms with van der Waals surface area (Å²) < 4.78 is 16.5. The van der Waals surface area contributed by atoms with Crippen LogP contribution >= 0.6 is 35.4 Å². The van der Waals surface area contributed by atoms with E-state index in [4.69, 9.17) is 25.6 Å². The monoisotopic (exact) mass is 428 g/mol. The molecule has 6 nitrogen and oxygen atoms in total. The lowest BCUT2D eigenvalue weighted by molar-refractivity contribution is -0.149. The molecule has 9 heteroatoms. The molecule has 0 aliphatic carbocycles. The lowest BCUT2D eigenvalue weighted by Gasteiger charge is -2.22. The molecule has 1 aromatic carbocycles. The van der Waals surface area contributed by atoms with Crippen molar-refractivity contribution >= 4 is 41.4 Å². The summed E-state index contributed by atoms with van der Waals surface area (Å²) in [6.07, 6.45) is -0.346. The molecule has 2 N–H and O–H groups in total. The molecule has 0 heterocycles. The van der Waals surface area contributed by atoms with Crippen LogP contribution in [-0.2, 0) is 14.3 Å². The molecule has 0 aliphatic heterocycles. The van der Waals surface area contributed by atoms with E-state index in [-0.39, 0.29) is 12.5 Å². The fourth-order valence-corrected chi connectivity index (χ4v) is 4.23. The summed E-state index contributed by atoms with van der Waals surface area (Å²) in [6.45, 7) is 5.09. The Kier molecular flexibility index (Phi) is 8.21. The third-order valence-electron chi connectivity index (χ3n) is 2.50. The first-order chi connectivity index (χ1) is 10.6. The molecule has 2 atom stereocenters. The minimum Gasteiger partial charge on any atom is -0.462 e. The van der Waals surface area contributed by atoms with Crippen molar-refractivity contribution in [1.29, 1.82) is 0 Å². The molecule has 1 unspecified atom stereocenters. The third-order valence-corrected chi connectivity index (χ3v) is 5.09. The van der Waals surface area contributed by atoms with E-state index in [1.807, 2.05) is 0 Å². The molecule has 0 amide bonds. The Morgan fingerprint density at radius 2 is 2.04 bits per heavy atom. The Morgan fingerprint density at radius 3 is 2.57 bits per heavy atom. The average molecular weight is 430 g/mol. The van der Waals surface area contributed by atoms with Crippen molar-refractivity contribution in [3.05, 3.63) is 27.7 Å². The normalized spacial score (nSPS) is 15.1. The average Bonchev–Trinajstić information content (AvgIpc) is 2.35. The first-order valence-corrected chi connectivity index (χ1v) is 9.90. The van der Waals surface area contributed by atoms with Gasteiger partial charge in [-0.2, -0.15) is 4.89 Å². The zero-order chi connectivity index (χ0) is 17.6. The van der Waals surface area contributed by atoms with Crippen LogP contribution in [0.2, 0.25) is 5.02 Å². The quantitative estimate of drug-likeness (QED) is 0.484. The highest BCUT2D eigenvalue weighted by molar-refractivity contribution is 9.10. The summed E-state index contributed by atoms with van der Waals surface area (Å²) in [5, 5.41) is 3.22. The molecule has 23 heavy (non-hydrogen) atoms. The second-order valence-electron chi connectivity index (χ2n) is 5.15. The molecule has 1 aromatic rings. The lowest BCUT2D eigenvalue weighted by Crippen LogP contribution is -2.38. The molecule has 0 saturated carbocycles. The summed E-state index contributed by atoms with van der Waals surface area (Å²) in [7, 11) is -1.81. The summed E-state index contributed by atoms with van der Waals surface area (Å²) in [5.41, 5.74) is 0. The van der Waals surface area contributed by atoms with Crippen molar-refractivity contribution in [1.82, 2.24) is 5.09 Å². The van der Waals surface area contributed by atoms with Gasteiger partial charge in [-0.25, -0.2) is 0 Å². The zero-order valence-electron chi connectivity index (χ0n) is 13.4. The summed E-state index contributed by atoms with van der Waals surface area (Å²) in [6, 6.07) is 4.16. The summed E-state index contributed by atoms with van der Waals surface area (Å²) in [4.78, 5) is 22.6. The van der Waals surface area contributed by atoms with Crippen molar-refractivity contribution in [3.8, 4) is 5.75 Å². The summed E-state index contributed by atoms with van der Waals surface area (Å²) in [5.74, 6) is -0.125. The molecule has 0 radical (unpaired) electrons. The van der Waals surface area contributed by atoms with Crippen LogP contribution in [0, 0.1) is 0 Å². The van der Waals surface area contributed by atoms with Crippen LogP contribution in [-0.4, -0.2) is 36.5 Å². The number of hydrogen-bond acceptors (Lipinski definition) is 6. The zero-order valence-corrected chi connectivity index (χ0v) is 16.6. The molecule has 1 rings (SSSR count). The molecule has 0 bridgehead atoms. The van der Waals surface area contributed by atoms with Gasteiger partial charge in [-0.1, -0.05) is 27.5 Å². The van der Waals surface area contributed by atoms with Crippen LogP contribution in [0.3, 0.4) is 0 Å². The number of methoxy groups -OCH3 is 1. The Labute approximate surface area is 150 Å². The van der Waals surface area contributed by atoms with E-state index in [2.05, 4.69) is 21.0 Å². The van der Waals surface area contributed by atoms with Crippen molar-refractivity contribution in [2.24, 2.45) is 0 Å². The van der Waals surface area contributed by atoms with Gasteiger partial charge in [-0.15, -0.1) is 5.09 Å². The molecule has 0 aromatic heterocycles. The predicted octanol–water partition coefficient (Wildman–Crippen LogP) is 3.77. The van der Waals surface area contributed by atoms with Crippen molar-refractivity contribution < 1.29 is 23.7 Å². The maximum Gasteiger partial charge on any atom is 0.418 e. The second-order valence-corrected chi connectivity index (χ2v) is 8.61. The molecule has 0 spiro atoms. The topological polar surface area (TPSA) is 77.0 Å². The molecule has 0 saturated heterocycles. The highest BCUT2D eigenvalue weighted by Gasteiger charge is 2.44. The fraction of sp³-hybridized carbons (Fsp3) is 0.500. The number of esters is 1. The number of rotatable bonds is 8. The van der Waals surface area contributed by atoms with Crippen LogP contribution in [0.15, 0.2) is 22.7 Å². The molecular weight excluding hydrogens is 408 g/mol. The van der Waals surface area contributed by atoms with Gasteiger partial charge in [0.1, 0.15) is 6.04 Å². The number of halogens is 2. The summed E-state index contributed by atoms with van der Waals surface area (Å²) >= 11 is 9.27. The Hall–Kier alpha value is -0.430. The smallest absolute Gasteiger partial charge is 0.418 e. The predicted molar refractivity (Wildman–Crippen MR) is 94.6 cm³/mol. The lowest BCUT2D eigenvalue weighted by atomic mass is 10.3. The maximum atomic E-state index is 11.9. The van der Waals surface area contributed by atoms with Gasteiger partial charge < -0.3 is 9.47 Å². The van der Waals surface area contributed by atoms with E-state index < -0.39 is 19.9 Å². The molecular formula is C14H21BrClNO5P+. The first kappa shape index (κ1) is 20.6. The Morgan fingerprint density at radius 1 is 1.39 bits per heavy atom. The van der Waals surface area contributed by atoms with Gasteiger partial charge in [0, 0.05) is 22.7 Å². The van der Waals surface area contributed by atoms with Gasteiger partial charge in [-0.05, 0) is 32.9 Å². The molecule has 0 fully saturated rings. The largest absolute Gasteiger partial charge is 0.462 e. The number of carbonyl (C=O) groups is 1. The van der Waals surface area contributed by atoms with E-state index in [0.29, 0.717) is 15.2 Å². The highest BCUT2D eigenvalue weighted by Crippen LogP contribution is 2.52. The van der Waals surface area contributed by atoms with E-state index in [1.165, 1.54) is 7.11 Å². The van der Waals surface area contributed by atoms with Gasteiger partial charge in [0.25, 0.3) is 0 Å². The van der Waals surface area contributed by atoms with Crippen LogP contribution < -0.4 is 9.61 Å². The highest BCUT2D eigenvalue weighted by atomic mass is 79.9. The molecule has 0 aliphatic rings. The van der Waals surface area contributed by atoms with Crippen LogP contribution in [0.1, 0.15) is 20.8 Å². The van der Waals surface area contributed by atoms with E-state index in [9.17, 15) is 9.69 Å². The Bertz CT molecular complexity index is 528. The second kappa shape index (κ2) is 9.16. The van der Waals surface area contributed by atoms with Crippen molar-refractivity contribution in [2.75, 3.05) is 13.5 Å². The van der Waals surface area contributed by atoms with Crippen LogP contribution in [0.5, 0.6) is 5.75 Å². The fourth-order valence-electron chi connectivity index (χ4n) is 1.71. The number of hydrogen-bond donors (Lipinski definition) is 2. The number of nitrogens with one attached hydrogen (secondary N) is 1. The van der Waals surface area contributed by atoms with Gasteiger partial charge in [0.15, 0.2) is 5.75 Å². The standard InChI is InChI=1S/C14H21BrClNO5P/c1-9(2)21-14(18)10(3)17-23(19,8-20-4)22-13-6-11(15)5-12(16)7-13/h5-7,9-10,17,19H,8H2,1-4H3/q+1/t10-,23?/m0/s1. The van der Waals surface area contributed by atoms with Gasteiger partial charge in [0.2, 0.25) is 6.35 Å². The number of ether oxygens (including phenoxy) is 2. The number of benzene rings is 1. The van der Waals surface area contributed by atoms with E-state index in [0.717, 1.165) is 0 Å². The van der Waals surface area contributed by atoms with Gasteiger partial charge in [0.05, 0.1) is 6.10 Å². The Balaban J connectivity index is 2.87.